The molecule has 1 rings (SSSR count). The summed E-state index contributed by atoms with van der Waals surface area (Å²) < 4.78 is 5.02. The number of anilines is 2. The maximum absolute atomic E-state index is 5.37. The number of ether oxygens (including phenoxy) is 1. The van der Waals surface area contributed by atoms with Gasteiger partial charge in [0.2, 0.25) is 0 Å². The highest BCUT2D eigenvalue weighted by Gasteiger charge is 2.07. The molecule has 1 aromatic rings. The van der Waals surface area contributed by atoms with Gasteiger partial charge >= 0.3 is 0 Å². The van der Waals surface area contributed by atoms with E-state index in [1.54, 1.807) is 13.2 Å². The van der Waals surface area contributed by atoms with Gasteiger partial charge in [0.15, 0.2) is 5.82 Å². The van der Waals surface area contributed by atoms with Crippen molar-refractivity contribution >= 4 is 11.6 Å². The number of methoxy groups -OCH3 is 1. The third-order valence-corrected chi connectivity index (χ3v) is 2.53. The maximum Gasteiger partial charge on any atom is 0.158 e. The summed E-state index contributed by atoms with van der Waals surface area (Å²) in [6.45, 7) is 4.65. The van der Waals surface area contributed by atoms with E-state index < -0.39 is 0 Å². The first-order valence-corrected chi connectivity index (χ1v) is 5.83. The normalized spacial score (nSPS) is 10.6. The van der Waals surface area contributed by atoms with Crippen molar-refractivity contribution in [2.24, 2.45) is 5.84 Å². The van der Waals surface area contributed by atoms with Crippen LogP contribution in [0.2, 0.25) is 0 Å². The Kier molecular flexibility index (Phi) is 5.65. The molecule has 0 aliphatic carbocycles. The molecule has 0 bridgehead atoms. The predicted octanol–water partition coefficient (Wildman–Crippen LogP) is 1.51. The Labute approximate surface area is 102 Å². The van der Waals surface area contributed by atoms with Crippen LogP contribution in [0.15, 0.2) is 6.07 Å². The van der Waals surface area contributed by atoms with Crippen LogP contribution in [0.4, 0.5) is 11.6 Å². The summed E-state index contributed by atoms with van der Waals surface area (Å²) in [4.78, 5) is 8.55. The zero-order valence-corrected chi connectivity index (χ0v) is 10.7. The van der Waals surface area contributed by atoms with E-state index in [2.05, 4.69) is 34.6 Å². The fraction of sp³-hybridized carbons (Fsp3) is 0.636. The summed E-state index contributed by atoms with van der Waals surface area (Å²) in [6.07, 6.45) is 2.09. The lowest BCUT2D eigenvalue weighted by Crippen LogP contribution is -2.19. The lowest BCUT2D eigenvalue weighted by atomic mass is 10.2. The molecule has 0 unspecified atom stereocenters. The second-order valence-corrected chi connectivity index (χ2v) is 3.79. The molecule has 0 atom stereocenters. The van der Waals surface area contributed by atoms with E-state index in [1.165, 1.54) is 0 Å². The number of nitrogens with zero attached hydrogens (tertiary/aromatic N) is 2. The number of hydrogen-bond donors (Lipinski definition) is 3. The van der Waals surface area contributed by atoms with Crippen molar-refractivity contribution in [2.45, 2.75) is 39.3 Å². The minimum Gasteiger partial charge on any atom is -0.377 e. The highest BCUT2D eigenvalue weighted by atomic mass is 16.5. The number of aromatic nitrogens is 2. The second-order valence-electron chi connectivity index (χ2n) is 3.79. The van der Waals surface area contributed by atoms with Gasteiger partial charge in [-0.2, -0.15) is 0 Å². The molecule has 0 fully saturated rings. The molecule has 0 saturated carbocycles. The van der Waals surface area contributed by atoms with Gasteiger partial charge in [-0.3, -0.25) is 0 Å². The van der Waals surface area contributed by atoms with Gasteiger partial charge in [0.05, 0.1) is 0 Å². The van der Waals surface area contributed by atoms with Crippen LogP contribution in [-0.2, 0) is 11.3 Å². The van der Waals surface area contributed by atoms with Crippen molar-refractivity contribution in [1.29, 1.82) is 0 Å². The summed E-state index contributed by atoms with van der Waals surface area (Å²) in [7, 11) is 1.61. The van der Waals surface area contributed by atoms with Crippen molar-refractivity contribution in [2.75, 3.05) is 17.9 Å². The first-order chi connectivity index (χ1) is 8.23. The van der Waals surface area contributed by atoms with Crippen LogP contribution < -0.4 is 16.6 Å². The van der Waals surface area contributed by atoms with Crippen molar-refractivity contribution in [1.82, 2.24) is 9.97 Å². The van der Waals surface area contributed by atoms with E-state index >= 15 is 0 Å². The van der Waals surface area contributed by atoms with Gasteiger partial charge in [-0.1, -0.05) is 13.8 Å². The molecule has 0 aliphatic rings. The molecule has 96 valence electrons. The number of nitrogens with two attached hydrogens (primary N) is 1. The largest absolute Gasteiger partial charge is 0.377 e. The summed E-state index contributed by atoms with van der Waals surface area (Å²) in [5.41, 5.74) is 2.53. The Bertz CT molecular complexity index is 341. The molecule has 0 radical (unpaired) electrons. The standard InChI is InChI=1S/C11H21N5O/c1-4-8(5-2)13-9-6-10(16-12)15-11(14-9)7-17-3/h6,8H,4-5,7,12H2,1-3H3,(H2,13,14,15,16). The quantitative estimate of drug-likeness (QED) is 0.494. The smallest absolute Gasteiger partial charge is 0.158 e. The lowest BCUT2D eigenvalue weighted by molar-refractivity contribution is 0.178. The Morgan fingerprint density at radius 3 is 2.47 bits per heavy atom. The lowest BCUT2D eigenvalue weighted by Gasteiger charge is -2.16. The van der Waals surface area contributed by atoms with Crippen LogP contribution in [0.1, 0.15) is 32.5 Å². The zero-order valence-electron chi connectivity index (χ0n) is 10.7. The molecule has 0 aliphatic heterocycles. The van der Waals surface area contributed by atoms with Gasteiger partial charge in [-0.15, -0.1) is 0 Å². The third kappa shape index (κ3) is 4.16. The Hall–Kier alpha value is -1.40. The number of hydrogen-bond acceptors (Lipinski definition) is 6. The topological polar surface area (TPSA) is 85.1 Å². The molecule has 6 heteroatoms. The molecular weight excluding hydrogens is 218 g/mol. The van der Waals surface area contributed by atoms with E-state index in [0.29, 0.717) is 24.3 Å². The fourth-order valence-electron chi connectivity index (χ4n) is 1.54. The first-order valence-electron chi connectivity index (χ1n) is 5.83. The monoisotopic (exact) mass is 239 g/mol. The number of hydrazine groups is 1. The Balaban J connectivity index is 2.85. The van der Waals surface area contributed by atoms with Crippen LogP contribution in [0.3, 0.4) is 0 Å². The van der Waals surface area contributed by atoms with Crippen molar-refractivity contribution in [3.8, 4) is 0 Å². The van der Waals surface area contributed by atoms with Gasteiger partial charge in [0.25, 0.3) is 0 Å². The van der Waals surface area contributed by atoms with E-state index in [9.17, 15) is 0 Å². The van der Waals surface area contributed by atoms with Crippen molar-refractivity contribution in [3.63, 3.8) is 0 Å². The molecule has 0 spiro atoms. The molecular formula is C11H21N5O. The Morgan fingerprint density at radius 1 is 1.29 bits per heavy atom. The van der Waals surface area contributed by atoms with Gasteiger partial charge in [0.1, 0.15) is 18.2 Å². The van der Waals surface area contributed by atoms with Crippen LogP contribution in [0.25, 0.3) is 0 Å². The third-order valence-electron chi connectivity index (χ3n) is 2.53. The number of nitrogen functional groups attached to an aromatic ring is 1. The molecule has 1 aromatic heterocycles. The summed E-state index contributed by atoms with van der Waals surface area (Å²) in [5, 5.41) is 3.35. The van der Waals surface area contributed by atoms with E-state index in [0.717, 1.165) is 18.7 Å². The van der Waals surface area contributed by atoms with Gasteiger partial charge in [-0.25, -0.2) is 15.8 Å². The average molecular weight is 239 g/mol. The van der Waals surface area contributed by atoms with E-state index in [-0.39, 0.29) is 0 Å². The molecule has 0 saturated heterocycles. The molecule has 1 heterocycles. The number of nitrogens with one attached hydrogen (secondary N) is 2. The molecule has 17 heavy (non-hydrogen) atoms. The predicted molar refractivity (Wildman–Crippen MR) is 68.5 cm³/mol. The molecule has 4 N–H and O–H groups in total. The molecule has 6 nitrogen and oxygen atoms in total. The number of rotatable bonds is 7. The van der Waals surface area contributed by atoms with Gasteiger partial charge < -0.3 is 15.5 Å². The zero-order chi connectivity index (χ0) is 12.7. The molecule has 0 aromatic carbocycles. The first kappa shape index (κ1) is 13.7. The summed E-state index contributed by atoms with van der Waals surface area (Å²) >= 11 is 0. The van der Waals surface area contributed by atoms with Crippen LogP contribution in [0.5, 0.6) is 0 Å². The van der Waals surface area contributed by atoms with Crippen molar-refractivity contribution in [3.05, 3.63) is 11.9 Å². The summed E-state index contributed by atoms with van der Waals surface area (Å²) in [5.74, 6) is 7.33. The highest BCUT2D eigenvalue weighted by molar-refractivity contribution is 5.47. The van der Waals surface area contributed by atoms with Crippen LogP contribution in [-0.4, -0.2) is 23.1 Å². The van der Waals surface area contributed by atoms with Gasteiger partial charge in [0, 0.05) is 19.2 Å². The maximum atomic E-state index is 5.37. The minimum absolute atomic E-state index is 0.368. The van der Waals surface area contributed by atoms with Gasteiger partial charge in [-0.05, 0) is 12.8 Å². The van der Waals surface area contributed by atoms with Crippen molar-refractivity contribution < 1.29 is 4.74 Å². The average Bonchev–Trinajstić information content (AvgIpc) is 2.36. The van der Waals surface area contributed by atoms with Crippen LogP contribution in [0, 0.1) is 0 Å². The minimum atomic E-state index is 0.368. The summed E-state index contributed by atoms with van der Waals surface area (Å²) in [6, 6.07) is 2.20. The van der Waals surface area contributed by atoms with E-state index in [1.807, 2.05) is 0 Å². The van der Waals surface area contributed by atoms with Crippen LogP contribution >= 0.6 is 0 Å². The highest BCUT2D eigenvalue weighted by Crippen LogP contribution is 2.14. The second kappa shape index (κ2) is 7.03. The van der Waals surface area contributed by atoms with E-state index in [4.69, 9.17) is 10.6 Å². The Morgan fingerprint density at radius 2 is 1.94 bits per heavy atom. The fourth-order valence-corrected chi connectivity index (χ4v) is 1.54. The molecule has 0 amide bonds. The SMILES string of the molecule is CCC(CC)Nc1cc(NN)nc(COC)n1.